The molecule has 20 heavy (non-hydrogen) atoms. The van der Waals surface area contributed by atoms with E-state index < -0.39 is 11.9 Å². The van der Waals surface area contributed by atoms with Gasteiger partial charge in [-0.25, -0.2) is 4.79 Å². The summed E-state index contributed by atoms with van der Waals surface area (Å²) in [5.41, 5.74) is 0.690. The highest BCUT2D eigenvalue weighted by molar-refractivity contribution is 6.34. The molecule has 1 N–H and O–H groups in total. The first kappa shape index (κ1) is 14.1. The number of amides is 1. The molecule has 2 rings (SSSR count). The molecule has 0 bridgehead atoms. The van der Waals surface area contributed by atoms with Gasteiger partial charge in [0.1, 0.15) is 0 Å². The second-order valence-electron chi connectivity index (χ2n) is 3.99. The molecule has 2 aromatic rings. The smallest absolute Gasteiger partial charge is 0.339 e. The SMILES string of the molecule is COC(=O)c1ccccc1NC(=O)c1nn(C)cc1Cl. The van der Waals surface area contributed by atoms with Gasteiger partial charge in [0.15, 0.2) is 5.69 Å². The van der Waals surface area contributed by atoms with E-state index in [0.717, 1.165) is 0 Å². The van der Waals surface area contributed by atoms with Crippen LogP contribution in [-0.2, 0) is 11.8 Å². The minimum absolute atomic E-state index is 0.0915. The van der Waals surface area contributed by atoms with Crippen molar-refractivity contribution in [3.8, 4) is 0 Å². The highest BCUT2D eigenvalue weighted by atomic mass is 35.5. The zero-order chi connectivity index (χ0) is 14.7. The van der Waals surface area contributed by atoms with Gasteiger partial charge >= 0.3 is 5.97 Å². The summed E-state index contributed by atoms with van der Waals surface area (Å²) in [5.74, 6) is -1.03. The molecule has 0 fully saturated rings. The van der Waals surface area contributed by atoms with Crippen LogP contribution >= 0.6 is 11.6 Å². The summed E-state index contributed by atoms with van der Waals surface area (Å²) < 4.78 is 6.09. The van der Waals surface area contributed by atoms with Crippen molar-refractivity contribution in [1.82, 2.24) is 9.78 Å². The van der Waals surface area contributed by atoms with Crippen molar-refractivity contribution in [1.29, 1.82) is 0 Å². The standard InChI is InChI=1S/C13H12ClN3O3/c1-17-7-9(14)11(16-17)12(18)15-10-6-4-3-5-8(10)13(19)20-2/h3-7H,1-2H3,(H,15,18). The van der Waals surface area contributed by atoms with Gasteiger partial charge in [0.05, 0.1) is 23.4 Å². The number of nitrogens with zero attached hydrogens (tertiary/aromatic N) is 2. The number of benzene rings is 1. The number of carbonyl (C=O) groups is 2. The Morgan fingerprint density at radius 1 is 1.35 bits per heavy atom. The van der Waals surface area contributed by atoms with E-state index in [-0.39, 0.29) is 16.3 Å². The topological polar surface area (TPSA) is 73.2 Å². The Bertz CT molecular complexity index is 667. The van der Waals surface area contributed by atoms with Gasteiger partial charge in [-0.15, -0.1) is 0 Å². The van der Waals surface area contributed by atoms with Gasteiger partial charge in [0, 0.05) is 13.2 Å². The lowest BCUT2D eigenvalue weighted by atomic mass is 10.1. The number of esters is 1. The summed E-state index contributed by atoms with van der Waals surface area (Å²) in [4.78, 5) is 23.7. The zero-order valence-electron chi connectivity index (χ0n) is 10.9. The number of rotatable bonds is 3. The van der Waals surface area contributed by atoms with Crippen LogP contribution in [0.2, 0.25) is 5.02 Å². The normalized spacial score (nSPS) is 10.2. The molecule has 0 aliphatic heterocycles. The molecule has 0 unspecified atom stereocenters. The maximum Gasteiger partial charge on any atom is 0.339 e. The Hall–Kier alpha value is -2.34. The molecule has 0 aliphatic carbocycles. The average molecular weight is 294 g/mol. The van der Waals surface area contributed by atoms with Crippen molar-refractivity contribution < 1.29 is 14.3 Å². The third-order valence-corrected chi connectivity index (χ3v) is 2.86. The molecule has 0 radical (unpaired) electrons. The molecule has 6 nitrogen and oxygen atoms in total. The van der Waals surface area contributed by atoms with E-state index in [1.54, 1.807) is 31.3 Å². The molecule has 1 aromatic heterocycles. The molecule has 104 valence electrons. The van der Waals surface area contributed by atoms with Gasteiger partial charge in [-0.1, -0.05) is 23.7 Å². The van der Waals surface area contributed by atoms with E-state index in [2.05, 4.69) is 15.2 Å². The maximum absolute atomic E-state index is 12.1. The molecule has 7 heteroatoms. The summed E-state index contributed by atoms with van der Waals surface area (Å²) >= 11 is 5.90. The van der Waals surface area contributed by atoms with E-state index in [1.165, 1.54) is 18.0 Å². The van der Waals surface area contributed by atoms with Crippen molar-refractivity contribution in [2.75, 3.05) is 12.4 Å². The first-order chi connectivity index (χ1) is 9.52. The van der Waals surface area contributed by atoms with Gasteiger partial charge < -0.3 is 10.1 Å². The average Bonchev–Trinajstić information content (AvgIpc) is 2.77. The Balaban J connectivity index is 2.29. The van der Waals surface area contributed by atoms with E-state index in [0.29, 0.717) is 5.69 Å². The number of anilines is 1. The Morgan fingerprint density at radius 2 is 2.05 bits per heavy atom. The summed E-state index contributed by atoms with van der Waals surface area (Å²) in [5, 5.41) is 6.79. The number of carbonyl (C=O) groups excluding carboxylic acids is 2. The van der Waals surface area contributed by atoms with Crippen LogP contribution in [0.25, 0.3) is 0 Å². The van der Waals surface area contributed by atoms with Gasteiger partial charge in [-0.3, -0.25) is 9.48 Å². The highest BCUT2D eigenvalue weighted by Gasteiger charge is 2.18. The third kappa shape index (κ3) is 2.80. The second-order valence-corrected chi connectivity index (χ2v) is 4.40. The van der Waals surface area contributed by atoms with E-state index in [4.69, 9.17) is 11.6 Å². The number of aromatic nitrogens is 2. The van der Waals surface area contributed by atoms with Crippen LogP contribution in [-0.4, -0.2) is 28.8 Å². The molecule has 0 atom stereocenters. The molecular formula is C13H12ClN3O3. The Labute approximate surface area is 120 Å². The molecule has 0 spiro atoms. The second kappa shape index (κ2) is 5.75. The molecule has 0 saturated heterocycles. The summed E-state index contributed by atoms with van der Waals surface area (Å²) in [6, 6.07) is 6.53. The van der Waals surface area contributed by atoms with Crippen molar-refractivity contribution in [3.63, 3.8) is 0 Å². The lowest BCUT2D eigenvalue weighted by molar-refractivity contribution is 0.0602. The lowest BCUT2D eigenvalue weighted by Gasteiger charge is -2.08. The maximum atomic E-state index is 12.1. The molecule has 0 saturated carbocycles. The first-order valence-electron chi connectivity index (χ1n) is 5.70. The van der Waals surface area contributed by atoms with Crippen LogP contribution in [0.3, 0.4) is 0 Å². The number of hydrogen-bond acceptors (Lipinski definition) is 4. The largest absolute Gasteiger partial charge is 0.465 e. The van der Waals surface area contributed by atoms with E-state index in [1.807, 2.05) is 0 Å². The predicted octanol–water partition coefficient (Wildman–Crippen LogP) is 2.11. The van der Waals surface area contributed by atoms with Crippen LogP contribution in [0.5, 0.6) is 0 Å². The van der Waals surface area contributed by atoms with E-state index >= 15 is 0 Å². The van der Waals surface area contributed by atoms with Crippen molar-refractivity contribution >= 4 is 29.2 Å². The number of ether oxygens (including phenoxy) is 1. The van der Waals surface area contributed by atoms with Gasteiger partial charge in [-0.2, -0.15) is 5.10 Å². The van der Waals surface area contributed by atoms with Gasteiger partial charge in [0.25, 0.3) is 5.91 Å². The number of para-hydroxylation sites is 1. The minimum Gasteiger partial charge on any atom is -0.465 e. The number of hydrogen-bond donors (Lipinski definition) is 1. The summed E-state index contributed by atoms with van der Waals surface area (Å²) in [6.45, 7) is 0. The fourth-order valence-corrected chi connectivity index (χ4v) is 1.94. The van der Waals surface area contributed by atoms with Crippen LogP contribution in [0.15, 0.2) is 30.5 Å². The monoisotopic (exact) mass is 293 g/mol. The number of aryl methyl sites for hydroxylation is 1. The first-order valence-corrected chi connectivity index (χ1v) is 6.08. The van der Waals surface area contributed by atoms with Crippen LogP contribution in [0.4, 0.5) is 5.69 Å². The summed E-state index contributed by atoms with van der Waals surface area (Å²) in [7, 11) is 2.93. The minimum atomic E-state index is -0.534. The van der Waals surface area contributed by atoms with Crippen molar-refractivity contribution in [2.45, 2.75) is 0 Å². The molecule has 0 aliphatic rings. The van der Waals surface area contributed by atoms with Gasteiger partial charge in [0.2, 0.25) is 0 Å². The van der Waals surface area contributed by atoms with Crippen LogP contribution in [0, 0.1) is 0 Å². The van der Waals surface area contributed by atoms with Gasteiger partial charge in [-0.05, 0) is 12.1 Å². The number of nitrogens with one attached hydrogen (secondary N) is 1. The molecule has 1 heterocycles. The van der Waals surface area contributed by atoms with Crippen molar-refractivity contribution in [2.24, 2.45) is 7.05 Å². The zero-order valence-corrected chi connectivity index (χ0v) is 11.6. The fraction of sp³-hybridized carbons (Fsp3) is 0.154. The predicted molar refractivity (Wildman–Crippen MR) is 74.0 cm³/mol. The molecular weight excluding hydrogens is 282 g/mol. The Morgan fingerprint density at radius 3 is 2.65 bits per heavy atom. The molecule has 1 aromatic carbocycles. The van der Waals surface area contributed by atoms with E-state index in [9.17, 15) is 9.59 Å². The van der Waals surface area contributed by atoms with Crippen LogP contribution < -0.4 is 5.32 Å². The highest BCUT2D eigenvalue weighted by Crippen LogP contribution is 2.19. The fourth-order valence-electron chi connectivity index (χ4n) is 1.68. The molecule has 1 amide bonds. The Kier molecular flexibility index (Phi) is 4.05. The third-order valence-electron chi connectivity index (χ3n) is 2.58. The van der Waals surface area contributed by atoms with Crippen LogP contribution in [0.1, 0.15) is 20.8 Å². The lowest BCUT2D eigenvalue weighted by Crippen LogP contribution is -2.16. The van der Waals surface area contributed by atoms with Crippen molar-refractivity contribution in [3.05, 3.63) is 46.7 Å². The number of methoxy groups -OCH3 is 1. The number of halogens is 1. The quantitative estimate of drug-likeness (QED) is 0.880. The summed E-state index contributed by atoms with van der Waals surface area (Å²) in [6.07, 6.45) is 1.52.